The van der Waals surface area contributed by atoms with E-state index in [2.05, 4.69) is 36.4 Å². The van der Waals surface area contributed by atoms with Gasteiger partial charge in [-0.05, 0) is 65.7 Å². The molecule has 0 unspecified atom stereocenters. The van der Waals surface area contributed by atoms with Gasteiger partial charge >= 0.3 is 0 Å². The van der Waals surface area contributed by atoms with Crippen LogP contribution in [0.1, 0.15) is 11.1 Å². The Balaban J connectivity index is 1.26. The van der Waals surface area contributed by atoms with Gasteiger partial charge < -0.3 is 0 Å². The lowest BCUT2D eigenvalue weighted by Crippen LogP contribution is -2.30. The van der Waals surface area contributed by atoms with Crippen LogP contribution in [-0.4, -0.2) is 21.3 Å². The van der Waals surface area contributed by atoms with Gasteiger partial charge in [-0.3, -0.25) is 10.8 Å². The molecule has 0 spiro atoms. The van der Waals surface area contributed by atoms with E-state index in [9.17, 15) is 4.89 Å². The van der Waals surface area contributed by atoms with E-state index >= 15 is 0 Å². The number of hydrogen-bond donors (Lipinski definition) is 3. The molecule has 1 aliphatic rings. The molecule has 0 aliphatic heterocycles. The molecule has 42 heavy (non-hydrogen) atoms. The Kier molecular flexibility index (Phi) is 6.43. The normalized spacial score (nSPS) is 12.9. The highest BCUT2D eigenvalue weighted by Crippen LogP contribution is 2.51. The minimum absolute atomic E-state index is 0.206. The first-order valence-corrected chi connectivity index (χ1v) is 15.5. The van der Waals surface area contributed by atoms with E-state index in [0.717, 1.165) is 60.3 Å². The Morgan fingerprint density at radius 1 is 0.524 bits per heavy atom. The van der Waals surface area contributed by atoms with Crippen LogP contribution in [0, 0.1) is 10.8 Å². The first-order chi connectivity index (χ1) is 20.5. The molecule has 0 radical (unpaired) electrons. The number of hydrogen-bond acceptors (Lipinski definition) is 4. The van der Waals surface area contributed by atoms with E-state index in [0.29, 0.717) is 0 Å². The maximum absolute atomic E-state index is 12.2. The molecule has 1 aliphatic carbocycles. The van der Waals surface area contributed by atoms with Gasteiger partial charge in [-0.2, -0.15) is 0 Å². The van der Waals surface area contributed by atoms with Crippen LogP contribution < -0.4 is 15.9 Å². The zero-order valence-corrected chi connectivity index (χ0v) is 23.6. The van der Waals surface area contributed by atoms with Crippen LogP contribution in [0.15, 0.2) is 140 Å². The quantitative estimate of drug-likeness (QED) is 0.195. The SMILES string of the molecule is N=C1C=Cc2c(-c3ccc(-c4ccc([P+](O)(c5ccccc5)c5ccccc5)cc4)cc3)nc3ccccc3c2C1=N. The predicted octanol–water partition coefficient (Wildman–Crippen LogP) is 7.18. The summed E-state index contributed by atoms with van der Waals surface area (Å²) in [7, 11) is -2.77. The molecule has 0 atom stereocenters. The molecule has 6 aromatic rings. The molecule has 3 N–H and O–H groups in total. The molecule has 5 aromatic carbocycles. The Labute approximate surface area is 245 Å². The number of rotatable bonds is 5. The van der Waals surface area contributed by atoms with Gasteiger partial charge in [0.2, 0.25) is 7.49 Å². The lowest BCUT2D eigenvalue weighted by atomic mass is 9.88. The van der Waals surface area contributed by atoms with E-state index in [4.69, 9.17) is 15.8 Å². The number of aromatic nitrogens is 1. The van der Waals surface area contributed by atoms with Gasteiger partial charge in [-0.1, -0.05) is 91.0 Å². The van der Waals surface area contributed by atoms with Crippen molar-refractivity contribution in [1.82, 2.24) is 4.98 Å². The molecule has 0 saturated heterocycles. The summed E-state index contributed by atoms with van der Waals surface area (Å²) >= 11 is 0. The van der Waals surface area contributed by atoms with Gasteiger partial charge in [0.05, 0.1) is 22.6 Å². The van der Waals surface area contributed by atoms with Gasteiger partial charge in [-0.15, -0.1) is 0 Å². The Bertz CT molecular complexity index is 1960. The maximum Gasteiger partial charge on any atom is 0.238 e. The summed E-state index contributed by atoms with van der Waals surface area (Å²) in [6, 6.07) is 44.2. The van der Waals surface area contributed by atoms with Crippen LogP contribution in [0.25, 0.3) is 39.4 Å². The van der Waals surface area contributed by atoms with Crippen molar-refractivity contribution in [3.63, 3.8) is 0 Å². The van der Waals surface area contributed by atoms with Crippen molar-refractivity contribution < 1.29 is 4.89 Å². The Hall–Kier alpha value is -5.02. The van der Waals surface area contributed by atoms with Crippen LogP contribution in [0.4, 0.5) is 0 Å². The number of para-hydroxylation sites is 1. The minimum Gasteiger partial charge on any atom is -0.299 e. The molecular weight excluding hydrogens is 533 g/mol. The summed E-state index contributed by atoms with van der Waals surface area (Å²) in [5.74, 6) is 0. The topological polar surface area (TPSA) is 80.8 Å². The molecule has 1 aromatic heterocycles. The van der Waals surface area contributed by atoms with Crippen molar-refractivity contribution in [1.29, 1.82) is 10.8 Å². The lowest BCUT2D eigenvalue weighted by molar-refractivity contribution is 0.633. The van der Waals surface area contributed by atoms with Crippen molar-refractivity contribution in [2.24, 2.45) is 0 Å². The number of fused-ring (bicyclic) bond motifs is 3. The summed E-state index contributed by atoms with van der Waals surface area (Å²) in [6.07, 6.45) is 3.58. The zero-order chi connectivity index (χ0) is 28.7. The molecule has 0 fully saturated rings. The molecule has 0 amide bonds. The van der Waals surface area contributed by atoms with E-state index in [1.807, 2.05) is 103 Å². The highest BCUT2D eigenvalue weighted by molar-refractivity contribution is 7.91. The third kappa shape index (κ3) is 4.29. The van der Waals surface area contributed by atoms with Gasteiger partial charge in [-0.25, -0.2) is 9.88 Å². The van der Waals surface area contributed by atoms with Crippen molar-refractivity contribution in [3.8, 4) is 22.4 Å². The number of nitrogens with one attached hydrogen (secondary N) is 2. The number of nitrogens with zero attached hydrogens (tertiary/aromatic N) is 1. The second-order valence-electron chi connectivity index (χ2n) is 10.3. The van der Waals surface area contributed by atoms with Crippen LogP contribution in [0.3, 0.4) is 0 Å². The highest BCUT2D eigenvalue weighted by Gasteiger charge is 2.44. The molecule has 4 nitrogen and oxygen atoms in total. The van der Waals surface area contributed by atoms with Gasteiger partial charge in [0.1, 0.15) is 15.9 Å². The van der Waals surface area contributed by atoms with Crippen molar-refractivity contribution in [3.05, 3.63) is 151 Å². The van der Waals surface area contributed by atoms with Crippen molar-refractivity contribution in [2.45, 2.75) is 0 Å². The van der Waals surface area contributed by atoms with E-state index in [1.165, 1.54) is 0 Å². The second kappa shape index (κ2) is 10.4. The number of benzene rings is 5. The summed E-state index contributed by atoms with van der Waals surface area (Å²) in [4.78, 5) is 17.2. The minimum atomic E-state index is -2.77. The monoisotopic (exact) mass is 560 g/mol. The molecule has 200 valence electrons. The average Bonchev–Trinajstić information content (AvgIpc) is 3.06. The van der Waals surface area contributed by atoms with Crippen LogP contribution in [0.2, 0.25) is 0 Å². The summed E-state index contributed by atoms with van der Waals surface area (Å²) in [5.41, 5.74) is 6.75. The van der Waals surface area contributed by atoms with Crippen LogP contribution >= 0.6 is 7.49 Å². The maximum atomic E-state index is 12.2. The standard InChI is InChI=1S/C37H27N3OP/c38-33-24-23-32-35(36(33)39)31-13-7-8-14-34(31)40-37(32)27-17-15-25(16-18-27)26-19-21-30(22-20-26)42(41,28-9-3-1-4-10-28)29-11-5-2-6-12-29/h1-24,38-39,41H/q+1. The van der Waals surface area contributed by atoms with E-state index in [1.54, 1.807) is 6.08 Å². The summed E-state index contributed by atoms with van der Waals surface area (Å²) in [6.45, 7) is 0. The smallest absolute Gasteiger partial charge is 0.238 e. The Morgan fingerprint density at radius 2 is 1.02 bits per heavy atom. The summed E-state index contributed by atoms with van der Waals surface area (Å²) < 4.78 is 0. The molecule has 0 saturated carbocycles. The fourth-order valence-electron chi connectivity index (χ4n) is 5.69. The third-order valence-electron chi connectivity index (χ3n) is 7.86. The van der Waals surface area contributed by atoms with Crippen LogP contribution in [0.5, 0.6) is 0 Å². The second-order valence-corrected chi connectivity index (χ2v) is 13.1. The van der Waals surface area contributed by atoms with Crippen molar-refractivity contribution in [2.75, 3.05) is 0 Å². The highest BCUT2D eigenvalue weighted by atomic mass is 31.2. The largest absolute Gasteiger partial charge is 0.299 e. The fourth-order valence-corrected chi connectivity index (χ4v) is 8.37. The molecule has 1 heterocycles. The number of pyridine rings is 1. The number of allylic oxidation sites excluding steroid dienone is 1. The molecule has 7 rings (SSSR count). The zero-order valence-electron chi connectivity index (χ0n) is 22.7. The van der Waals surface area contributed by atoms with Crippen molar-refractivity contribution >= 4 is 51.8 Å². The van der Waals surface area contributed by atoms with Crippen LogP contribution in [-0.2, 0) is 0 Å². The Morgan fingerprint density at radius 3 is 1.64 bits per heavy atom. The first-order valence-electron chi connectivity index (χ1n) is 13.8. The van der Waals surface area contributed by atoms with E-state index in [-0.39, 0.29) is 11.4 Å². The summed E-state index contributed by atoms with van der Waals surface area (Å²) in [5, 5.41) is 20.5. The van der Waals surface area contributed by atoms with Gasteiger partial charge in [0, 0.05) is 22.1 Å². The van der Waals surface area contributed by atoms with E-state index < -0.39 is 7.49 Å². The molecule has 5 heteroatoms. The average molecular weight is 561 g/mol. The molecular formula is C37H27N3OP+. The predicted molar refractivity (Wildman–Crippen MR) is 177 cm³/mol. The lowest BCUT2D eigenvalue weighted by Gasteiger charge is -2.20. The molecule has 0 bridgehead atoms. The third-order valence-corrected chi connectivity index (χ3v) is 11.0. The fraction of sp³-hybridized carbons (Fsp3) is 0. The van der Waals surface area contributed by atoms with Gasteiger partial charge in [0.25, 0.3) is 0 Å². The first kappa shape index (κ1) is 25.9. The van der Waals surface area contributed by atoms with Gasteiger partial charge in [0.15, 0.2) is 0 Å².